The van der Waals surface area contributed by atoms with Crippen LogP contribution in [0.2, 0.25) is 0 Å². The van der Waals surface area contributed by atoms with Gasteiger partial charge in [0.05, 0.1) is 18.0 Å². The fourth-order valence-corrected chi connectivity index (χ4v) is 4.87. The molecule has 1 N–H and O–H groups in total. The van der Waals surface area contributed by atoms with Gasteiger partial charge in [0.2, 0.25) is 0 Å². The van der Waals surface area contributed by atoms with E-state index >= 15 is 0 Å². The summed E-state index contributed by atoms with van der Waals surface area (Å²) in [5.41, 5.74) is 5.11. The number of nitrogens with zero attached hydrogens (tertiary/aromatic N) is 3. The first-order valence-electron chi connectivity index (χ1n) is 10.6. The number of nitrogens with one attached hydrogen (secondary N) is 1. The molecule has 0 bridgehead atoms. The summed E-state index contributed by atoms with van der Waals surface area (Å²) in [6, 6.07) is 10.4. The van der Waals surface area contributed by atoms with Crippen molar-refractivity contribution in [3.63, 3.8) is 0 Å². The zero-order valence-corrected chi connectivity index (χ0v) is 17.4. The SMILES string of the molecule is CC(C)c1cc(C(=O)N2CCC3(CC2)OCCc2c3[nH]c3ccccc23)n(C)n1. The molecule has 1 spiro atoms. The summed E-state index contributed by atoms with van der Waals surface area (Å²) < 4.78 is 8.09. The summed E-state index contributed by atoms with van der Waals surface area (Å²) in [4.78, 5) is 18.7. The number of amides is 1. The Bertz CT molecular complexity index is 1070. The van der Waals surface area contributed by atoms with E-state index in [9.17, 15) is 4.79 Å². The lowest BCUT2D eigenvalue weighted by Crippen LogP contribution is -2.48. The van der Waals surface area contributed by atoms with Gasteiger partial charge in [0.25, 0.3) is 5.91 Å². The van der Waals surface area contributed by atoms with Gasteiger partial charge in [-0.3, -0.25) is 9.48 Å². The van der Waals surface area contributed by atoms with Gasteiger partial charge in [0.15, 0.2) is 0 Å². The van der Waals surface area contributed by atoms with Crippen molar-refractivity contribution in [2.24, 2.45) is 7.05 Å². The number of para-hydroxylation sites is 1. The number of hydrogen-bond acceptors (Lipinski definition) is 3. The molecule has 4 heterocycles. The zero-order valence-electron chi connectivity index (χ0n) is 17.4. The molecule has 0 saturated carbocycles. The standard InChI is InChI=1S/C23H28N4O2/c1-15(2)19-14-20(26(3)25-19)22(28)27-11-9-23(10-12-27)21-17(8-13-29-23)16-6-4-5-7-18(16)24-21/h4-7,14-15,24H,8-13H2,1-3H3. The van der Waals surface area contributed by atoms with E-state index in [1.165, 1.54) is 22.2 Å². The van der Waals surface area contributed by atoms with Crippen molar-refractivity contribution in [3.05, 3.63) is 53.0 Å². The highest BCUT2D eigenvalue weighted by molar-refractivity contribution is 5.93. The molecule has 2 aromatic heterocycles. The number of aromatic nitrogens is 3. The normalized spacial score (nSPS) is 18.6. The van der Waals surface area contributed by atoms with Gasteiger partial charge in [0, 0.05) is 31.0 Å². The number of carbonyl (C=O) groups is 1. The van der Waals surface area contributed by atoms with Crippen molar-refractivity contribution in [2.75, 3.05) is 19.7 Å². The second-order valence-electron chi connectivity index (χ2n) is 8.64. The van der Waals surface area contributed by atoms with Gasteiger partial charge in [-0.15, -0.1) is 0 Å². The Morgan fingerprint density at radius 2 is 2.00 bits per heavy atom. The van der Waals surface area contributed by atoms with Gasteiger partial charge < -0.3 is 14.6 Å². The molecule has 152 valence electrons. The smallest absolute Gasteiger partial charge is 0.272 e. The lowest BCUT2D eigenvalue weighted by molar-refractivity contribution is -0.0958. The molecule has 2 aliphatic heterocycles. The summed E-state index contributed by atoms with van der Waals surface area (Å²) >= 11 is 0. The van der Waals surface area contributed by atoms with Crippen LogP contribution in [0.15, 0.2) is 30.3 Å². The Labute approximate surface area is 170 Å². The fourth-order valence-electron chi connectivity index (χ4n) is 4.87. The molecule has 0 radical (unpaired) electrons. The molecule has 1 saturated heterocycles. The molecule has 0 unspecified atom stereocenters. The second-order valence-corrected chi connectivity index (χ2v) is 8.64. The number of aromatic amines is 1. The topological polar surface area (TPSA) is 63.1 Å². The summed E-state index contributed by atoms with van der Waals surface area (Å²) in [5, 5.41) is 5.81. The van der Waals surface area contributed by atoms with E-state index < -0.39 is 0 Å². The number of hydrogen-bond donors (Lipinski definition) is 1. The maximum Gasteiger partial charge on any atom is 0.272 e. The summed E-state index contributed by atoms with van der Waals surface area (Å²) in [6.45, 7) is 6.31. The highest BCUT2D eigenvalue weighted by Gasteiger charge is 2.43. The van der Waals surface area contributed by atoms with Crippen LogP contribution in [0.25, 0.3) is 10.9 Å². The van der Waals surface area contributed by atoms with E-state index in [1.54, 1.807) is 4.68 Å². The summed E-state index contributed by atoms with van der Waals surface area (Å²) in [7, 11) is 1.85. The van der Waals surface area contributed by atoms with Gasteiger partial charge in [-0.2, -0.15) is 5.10 Å². The van der Waals surface area contributed by atoms with Crippen molar-refractivity contribution in [2.45, 2.75) is 44.6 Å². The molecule has 6 heteroatoms. The Morgan fingerprint density at radius 3 is 2.72 bits per heavy atom. The summed E-state index contributed by atoms with van der Waals surface area (Å²) in [5.74, 6) is 0.373. The van der Waals surface area contributed by atoms with E-state index in [0.717, 1.165) is 31.6 Å². The molecular formula is C23H28N4O2. The number of carbonyl (C=O) groups excluding carboxylic acids is 1. The number of fused-ring (bicyclic) bond motifs is 4. The molecule has 1 amide bonds. The fraction of sp³-hybridized carbons (Fsp3) is 0.478. The molecule has 3 aromatic rings. The quantitative estimate of drug-likeness (QED) is 0.723. The van der Waals surface area contributed by atoms with Crippen LogP contribution in [0.5, 0.6) is 0 Å². The van der Waals surface area contributed by atoms with Crippen LogP contribution in [0, 0.1) is 0 Å². The molecule has 0 atom stereocenters. The van der Waals surface area contributed by atoms with Crippen LogP contribution in [0.3, 0.4) is 0 Å². The lowest BCUT2D eigenvalue weighted by atomic mass is 9.83. The van der Waals surface area contributed by atoms with Crippen molar-refractivity contribution in [1.82, 2.24) is 19.7 Å². The van der Waals surface area contributed by atoms with Gasteiger partial charge in [-0.25, -0.2) is 0 Å². The molecule has 2 aliphatic rings. The van der Waals surface area contributed by atoms with Crippen LogP contribution in [0.4, 0.5) is 0 Å². The minimum absolute atomic E-state index is 0.0643. The molecule has 29 heavy (non-hydrogen) atoms. The Hall–Kier alpha value is -2.60. The van der Waals surface area contributed by atoms with Crippen LogP contribution in [0.1, 0.15) is 60.0 Å². The predicted octanol–water partition coefficient (Wildman–Crippen LogP) is 3.73. The minimum Gasteiger partial charge on any atom is -0.368 e. The predicted molar refractivity (Wildman–Crippen MR) is 112 cm³/mol. The third-order valence-electron chi connectivity index (χ3n) is 6.57. The number of piperidine rings is 1. The van der Waals surface area contributed by atoms with Crippen LogP contribution >= 0.6 is 0 Å². The average Bonchev–Trinajstić information content (AvgIpc) is 3.30. The van der Waals surface area contributed by atoms with Gasteiger partial charge in [0.1, 0.15) is 11.3 Å². The van der Waals surface area contributed by atoms with Crippen molar-refractivity contribution in [3.8, 4) is 0 Å². The monoisotopic (exact) mass is 392 g/mol. The maximum absolute atomic E-state index is 13.1. The third-order valence-corrected chi connectivity index (χ3v) is 6.57. The lowest BCUT2D eigenvalue weighted by Gasteiger charge is -2.43. The molecule has 1 fully saturated rings. The first-order chi connectivity index (χ1) is 14.0. The number of rotatable bonds is 2. The third kappa shape index (κ3) is 2.89. The van der Waals surface area contributed by atoms with Crippen molar-refractivity contribution < 1.29 is 9.53 Å². The Balaban J connectivity index is 1.39. The van der Waals surface area contributed by atoms with Gasteiger partial charge in [-0.05, 0) is 42.9 Å². The first-order valence-corrected chi connectivity index (χ1v) is 10.6. The number of aryl methyl sites for hydroxylation is 1. The van der Waals surface area contributed by atoms with E-state index in [-0.39, 0.29) is 11.5 Å². The molecule has 6 nitrogen and oxygen atoms in total. The number of benzene rings is 1. The largest absolute Gasteiger partial charge is 0.368 e. The highest BCUT2D eigenvalue weighted by atomic mass is 16.5. The van der Waals surface area contributed by atoms with E-state index in [2.05, 4.69) is 48.2 Å². The van der Waals surface area contributed by atoms with E-state index in [4.69, 9.17) is 4.74 Å². The van der Waals surface area contributed by atoms with Crippen molar-refractivity contribution >= 4 is 16.8 Å². The van der Waals surface area contributed by atoms with Crippen LogP contribution < -0.4 is 0 Å². The Kier molecular flexibility index (Phi) is 4.28. The van der Waals surface area contributed by atoms with Crippen LogP contribution in [-0.4, -0.2) is 45.3 Å². The van der Waals surface area contributed by atoms with Gasteiger partial charge >= 0.3 is 0 Å². The first kappa shape index (κ1) is 18.4. The van der Waals surface area contributed by atoms with Gasteiger partial charge in [-0.1, -0.05) is 32.0 Å². The summed E-state index contributed by atoms with van der Waals surface area (Å²) in [6.07, 6.45) is 2.57. The van der Waals surface area contributed by atoms with E-state index in [0.29, 0.717) is 24.7 Å². The number of H-pyrrole nitrogens is 1. The number of likely N-dealkylation sites (tertiary alicyclic amines) is 1. The van der Waals surface area contributed by atoms with E-state index in [1.807, 2.05) is 18.0 Å². The molecular weight excluding hydrogens is 364 g/mol. The Morgan fingerprint density at radius 1 is 1.24 bits per heavy atom. The van der Waals surface area contributed by atoms with Crippen molar-refractivity contribution in [1.29, 1.82) is 0 Å². The minimum atomic E-state index is -0.307. The highest BCUT2D eigenvalue weighted by Crippen LogP contribution is 2.43. The molecule has 0 aliphatic carbocycles. The second kappa shape index (κ2) is 6.73. The zero-order chi connectivity index (χ0) is 20.2. The maximum atomic E-state index is 13.1. The molecule has 5 rings (SSSR count). The number of ether oxygens (including phenoxy) is 1. The molecule has 1 aromatic carbocycles. The van der Waals surface area contributed by atoms with Crippen LogP contribution in [-0.2, 0) is 23.8 Å². The average molecular weight is 393 g/mol.